The molecular formula is C17H32N2O. The lowest BCUT2D eigenvalue weighted by Crippen LogP contribution is -2.40. The predicted molar refractivity (Wildman–Crippen MR) is 83.6 cm³/mol. The van der Waals surface area contributed by atoms with Crippen LogP contribution < -0.4 is 5.32 Å². The number of carbonyl (C=O) groups is 1. The van der Waals surface area contributed by atoms with E-state index in [1.165, 1.54) is 38.5 Å². The van der Waals surface area contributed by atoms with Crippen molar-refractivity contribution in [1.29, 1.82) is 0 Å². The van der Waals surface area contributed by atoms with E-state index < -0.39 is 0 Å². The predicted octanol–water partition coefficient (Wildman–Crippen LogP) is 3.05. The van der Waals surface area contributed by atoms with Gasteiger partial charge in [0.25, 0.3) is 0 Å². The van der Waals surface area contributed by atoms with Crippen molar-refractivity contribution in [2.75, 3.05) is 20.1 Å². The van der Waals surface area contributed by atoms with Gasteiger partial charge in [-0.25, -0.2) is 0 Å². The Labute approximate surface area is 124 Å². The Morgan fingerprint density at radius 3 is 2.35 bits per heavy atom. The third kappa shape index (κ3) is 4.21. The van der Waals surface area contributed by atoms with Gasteiger partial charge in [-0.1, -0.05) is 13.8 Å². The zero-order chi connectivity index (χ0) is 14.5. The zero-order valence-corrected chi connectivity index (χ0v) is 13.5. The quantitative estimate of drug-likeness (QED) is 0.858. The summed E-state index contributed by atoms with van der Waals surface area (Å²) >= 11 is 0. The van der Waals surface area contributed by atoms with Crippen LogP contribution in [0.3, 0.4) is 0 Å². The van der Waals surface area contributed by atoms with Crippen molar-refractivity contribution >= 4 is 5.91 Å². The average Bonchev–Trinajstić information content (AvgIpc) is 2.48. The molecule has 0 bridgehead atoms. The fourth-order valence-corrected chi connectivity index (χ4v) is 3.83. The van der Waals surface area contributed by atoms with Gasteiger partial charge in [-0.2, -0.15) is 0 Å². The summed E-state index contributed by atoms with van der Waals surface area (Å²) in [6.45, 7) is 6.85. The molecule has 2 rings (SSSR count). The molecule has 1 saturated carbocycles. The lowest BCUT2D eigenvalue weighted by molar-refractivity contribution is -0.134. The van der Waals surface area contributed by atoms with Crippen LogP contribution in [0.2, 0.25) is 0 Å². The van der Waals surface area contributed by atoms with Gasteiger partial charge in [0.15, 0.2) is 0 Å². The number of carbonyl (C=O) groups excluding carboxylic acids is 1. The maximum absolute atomic E-state index is 12.5. The van der Waals surface area contributed by atoms with Gasteiger partial charge in [0.05, 0.1) is 0 Å². The van der Waals surface area contributed by atoms with E-state index in [1.54, 1.807) is 0 Å². The Bertz CT molecular complexity index is 304. The topological polar surface area (TPSA) is 32.3 Å². The molecule has 0 spiro atoms. The zero-order valence-electron chi connectivity index (χ0n) is 13.5. The van der Waals surface area contributed by atoms with Crippen LogP contribution in [0.5, 0.6) is 0 Å². The van der Waals surface area contributed by atoms with E-state index in [4.69, 9.17) is 0 Å². The monoisotopic (exact) mass is 280 g/mol. The summed E-state index contributed by atoms with van der Waals surface area (Å²) in [6, 6.07) is 0.499. The van der Waals surface area contributed by atoms with Crippen molar-refractivity contribution in [2.24, 2.45) is 17.8 Å². The molecule has 2 aliphatic rings. The van der Waals surface area contributed by atoms with Gasteiger partial charge < -0.3 is 10.2 Å². The number of nitrogens with one attached hydrogen (secondary N) is 1. The maximum Gasteiger partial charge on any atom is 0.222 e. The van der Waals surface area contributed by atoms with Crippen LogP contribution in [-0.4, -0.2) is 37.0 Å². The fourth-order valence-electron chi connectivity index (χ4n) is 3.83. The normalized spacial score (nSPS) is 29.9. The molecule has 0 aromatic heterocycles. The minimum absolute atomic E-state index is 0.371. The van der Waals surface area contributed by atoms with E-state index in [0.29, 0.717) is 17.9 Å². The molecule has 1 heterocycles. The van der Waals surface area contributed by atoms with Gasteiger partial charge in [-0.15, -0.1) is 0 Å². The molecule has 116 valence electrons. The number of amides is 1. The van der Waals surface area contributed by atoms with Gasteiger partial charge in [-0.3, -0.25) is 4.79 Å². The molecule has 3 nitrogen and oxygen atoms in total. The third-order valence-electron chi connectivity index (χ3n) is 5.61. The molecule has 0 radical (unpaired) electrons. The van der Waals surface area contributed by atoms with Gasteiger partial charge in [0.2, 0.25) is 5.91 Å². The van der Waals surface area contributed by atoms with Crippen LogP contribution >= 0.6 is 0 Å². The standard InChI is InChI=1S/C17H32N2O/c1-13-4-6-16(7-5-13)19(3)17(20)12-14(2)15-8-10-18-11-9-15/h13-16,18H,4-12H2,1-3H3. The second kappa shape index (κ2) is 7.44. The molecule has 1 saturated heterocycles. The highest BCUT2D eigenvalue weighted by atomic mass is 16.2. The molecular weight excluding hydrogens is 248 g/mol. The van der Waals surface area contributed by atoms with E-state index in [0.717, 1.165) is 31.3 Å². The molecule has 1 aliphatic heterocycles. The first-order chi connectivity index (χ1) is 9.58. The summed E-state index contributed by atoms with van der Waals surface area (Å²) in [7, 11) is 2.03. The van der Waals surface area contributed by atoms with Crippen molar-refractivity contribution < 1.29 is 4.79 Å². The molecule has 0 aromatic rings. The first-order valence-corrected chi connectivity index (χ1v) is 8.54. The third-order valence-corrected chi connectivity index (χ3v) is 5.61. The SMILES string of the molecule is CC1CCC(N(C)C(=O)CC(C)C2CCNCC2)CC1. The van der Waals surface area contributed by atoms with Crippen LogP contribution in [0.25, 0.3) is 0 Å². The van der Waals surface area contributed by atoms with E-state index >= 15 is 0 Å². The minimum Gasteiger partial charge on any atom is -0.343 e. The minimum atomic E-state index is 0.371. The number of rotatable bonds is 4. The Morgan fingerprint density at radius 1 is 1.15 bits per heavy atom. The lowest BCUT2D eigenvalue weighted by Gasteiger charge is -2.35. The fraction of sp³-hybridized carbons (Fsp3) is 0.941. The number of nitrogens with zero attached hydrogens (tertiary/aromatic N) is 1. The smallest absolute Gasteiger partial charge is 0.222 e. The second-order valence-corrected chi connectivity index (χ2v) is 7.19. The first-order valence-electron chi connectivity index (χ1n) is 8.54. The molecule has 3 heteroatoms. The van der Waals surface area contributed by atoms with E-state index in [9.17, 15) is 4.79 Å². The van der Waals surface area contributed by atoms with Crippen LogP contribution in [0, 0.1) is 17.8 Å². The van der Waals surface area contributed by atoms with Gasteiger partial charge in [0.1, 0.15) is 0 Å². The van der Waals surface area contributed by atoms with E-state index in [-0.39, 0.29) is 0 Å². The van der Waals surface area contributed by atoms with E-state index in [1.807, 2.05) is 7.05 Å². The number of hydrogen-bond acceptors (Lipinski definition) is 2. The summed E-state index contributed by atoms with van der Waals surface area (Å²) in [5.74, 6) is 2.49. The Hall–Kier alpha value is -0.570. The summed E-state index contributed by atoms with van der Waals surface area (Å²) in [6.07, 6.45) is 8.18. The van der Waals surface area contributed by atoms with Crippen molar-refractivity contribution in [3.8, 4) is 0 Å². The Kier molecular flexibility index (Phi) is 5.88. The molecule has 2 fully saturated rings. The maximum atomic E-state index is 12.5. The molecule has 1 atom stereocenters. The largest absolute Gasteiger partial charge is 0.343 e. The Balaban J connectivity index is 1.78. The van der Waals surface area contributed by atoms with Gasteiger partial charge >= 0.3 is 0 Å². The summed E-state index contributed by atoms with van der Waals surface area (Å²) in [5, 5.41) is 3.41. The van der Waals surface area contributed by atoms with Crippen molar-refractivity contribution in [3.63, 3.8) is 0 Å². The lowest BCUT2D eigenvalue weighted by atomic mass is 9.83. The average molecular weight is 280 g/mol. The van der Waals surface area contributed by atoms with E-state index in [2.05, 4.69) is 24.1 Å². The van der Waals surface area contributed by atoms with Gasteiger partial charge in [0, 0.05) is 19.5 Å². The highest BCUT2D eigenvalue weighted by Gasteiger charge is 2.27. The molecule has 1 unspecified atom stereocenters. The molecule has 1 amide bonds. The second-order valence-electron chi connectivity index (χ2n) is 7.19. The summed E-state index contributed by atoms with van der Waals surface area (Å²) in [4.78, 5) is 14.5. The van der Waals surface area contributed by atoms with Gasteiger partial charge in [-0.05, 0) is 69.4 Å². The summed E-state index contributed by atoms with van der Waals surface area (Å²) in [5.41, 5.74) is 0. The Morgan fingerprint density at radius 2 is 1.75 bits per heavy atom. The van der Waals surface area contributed by atoms with Crippen molar-refractivity contribution in [1.82, 2.24) is 10.2 Å². The summed E-state index contributed by atoms with van der Waals surface area (Å²) < 4.78 is 0. The molecule has 1 aliphatic carbocycles. The molecule has 20 heavy (non-hydrogen) atoms. The van der Waals surface area contributed by atoms with Crippen molar-refractivity contribution in [2.45, 2.75) is 64.8 Å². The number of hydrogen-bond donors (Lipinski definition) is 1. The highest BCUT2D eigenvalue weighted by molar-refractivity contribution is 5.76. The van der Waals surface area contributed by atoms with Crippen LogP contribution in [0.15, 0.2) is 0 Å². The highest BCUT2D eigenvalue weighted by Crippen LogP contribution is 2.29. The number of piperidine rings is 1. The van der Waals surface area contributed by atoms with Crippen LogP contribution in [0.4, 0.5) is 0 Å². The van der Waals surface area contributed by atoms with Crippen molar-refractivity contribution in [3.05, 3.63) is 0 Å². The molecule has 0 aromatic carbocycles. The molecule has 1 N–H and O–H groups in total. The van der Waals surface area contributed by atoms with Crippen LogP contribution in [-0.2, 0) is 4.79 Å². The first kappa shape index (κ1) is 15.8. The van der Waals surface area contributed by atoms with Crippen LogP contribution in [0.1, 0.15) is 58.8 Å².